The third-order valence-electron chi connectivity index (χ3n) is 4.02. The van der Waals surface area contributed by atoms with Gasteiger partial charge in [0.1, 0.15) is 0 Å². The van der Waals surface area contributed by atoms with E-state index in [0.29, 0.717) is 13.2 Å². The molecule has 0 aromatic heterocycles. The van der Waals surface area contributed by atoms with Gasteiger partial charge >= 0.3 is 0 Å². The first-order valence-corrected chi connectivity index (χ1v) is 9.62. The van der Waals surface area contributed by atoms with Gasteiger partial charge in [0, 0.05) is 19.6 Å². The number of amides is 2. The second-order valence-electron chi connectivity index (χ2n) is 5.73. The molecule has 0 saturated carbocycles. The SMILES string of the molecule is O=C(NC[C@H]1CCCO1)c1cc(N2C(=O)CCS2(=O)=O)ccc1Cl. The number of hydrogen-bond donors (Lipinski definition) is 1. The van der Waals surface area contributed by atoms with E-state index in [9.17, 15) is 18.0 Å². The Morgan fingerprint density at radius 3 is 2.83 bits per heavy atom. The summed E-state index contributed by atoms with van der Waals surface area (Å²) in [6.45, 7) is 1.05. The van der Waals surface area contributed by atoms with Crippen LogP contribution in [0, 0.1) is 0 Å². The molecule has 0 spiro atoms. The van der Waals surface area contributed by atoms with Gasteiger partial charge in [0.05, 0.1) is 28.1 Å². The van der Waals surface area contributed by atoms with E-state index in [4.69, 9.17) is 16.3 Å². The zero-order valence-electron chi connectivity index (χ0n) is 12.8. The topological polar surface area (TPSA) is 92.8 Å². The highest BCUT2D eigenvalue weighted by Gasteiger charge is 2.36. The van der Waals surface area contributed by atoms with Crippen LogP contribution < -0.4 is 9.62 Å². The standard InChI is InChI=1S/C15H17ClN2O5S/c16-13-4-3-10(18-14(19)5-7-24(18,21)22)8-12(13)15(20)17-9-11-2-1-6-23-11/h3-4,8,11H,1-2,5-7,9H2,(H,17,20)/t11-/m1/s1. The number of hydrogen-bond acceptors (Lipinski definition) is 5. The Morgan fingerprint density at radius 2 is 2.21 bits per heavy atom. The lowest BCUT2D eigenvalue weighted by molar-refractivity contribution is -0.116. The average Bonchev–Trinajstić information content (AvgIpc) is 3.14. The van der Waals surface area contributed by atoms with E-state index < -0.39 is 21.8 Å². The Kier molecular flexibility index (Phi) is 4.80. The van der Waals surface area contributed by atoms with E-state index in [0.717, 1.165) is 17.1 Å². The van der Waals surface area contributed by atoms with Crippen molar-refractivity contribution in [1.82, 2.24) is 5.32 Å². The van der Waals surface area contributed by atoms with Crippen molar-refractivity contribution >= 4 is 39.1 Å². The van der Waals surface area contributed by atoms with Gasteiger partial charge in [-0.2, -0.15) is 0 Å². The summed E-state index contributed by atoms with van der Waals surface area (Å²) in [5, 5.41) is 2.92. The Labute approximate surface area is 145 Å². The molecule has 0 radical (unpaired) electrons. The molecule has 2 aliphatic heterocycles. The van der Waals surface area contributed by atoms with Crippen molar-refractivity contribution in [3.63, 3.8) is 0 Å². The molecule has 0 bridgehead atoms. The minimum atomic E-state index is -3.68. The zero-order chi connectivity index (χ0) is 17.3. The van der Waals surface area contributed by atoms with E-state index in [-0.39, 0.29) is 34.6 Å². The van der Waals surface area contributed by atoms with Crippen LogP contribution in [0.3, 0.4) is 0 Å². The monoisotopic (exact) mass is 372 g/mol. The third kappa shape index (κ3) is 3.40. The lowest BCUT2D eigenvalue weighted by Gasteiger charge is -2.17. The smallest absolute Gasteiger partial charge is 0.252 e. The van der Waals surface area contributed by atoms with Gasteiger partial charge in [-0.1, -0.05) is 11.6 Å². The van der Waals surface area contributed by atoms with E-state index in [1.165, 1.54) is 18.2 Å². The molecule has 0 aliphatic carbocycles. The van der Waals surface area contributed by atoms with Gasteiger partial charge in [-0.3, -0.25) is 9.59 Å². The molecule has 1 N–H and O–H groups in total. The van der Waals surface area contributed by atoms with Crippen LogP contribution in [0.2, 0.25) is 5.02 Å². The van der Waals surface area contributed by atoms with Gasteiger partial charge < -0.3 is 10.1 Å². The number of rotatable bonds is 4. The van der Waals surface area contributed by atoms with Gasteiger partial charge in [0.25, 0.3) is 5.91 Å². The molecule has 1 atom stereocenters. The highest BCUT2D eigenvalue weighted by Crippen LogP contribution is 2.29. The molecule has 3 rings (SSSR count). The fraction of sp³-hybridized carbons (Fsp3) is 0.467. The summed E-state index contributed by atoms with van der Waals surface area (Å²) >= 11 is 6.06. The van der Waals surface area contributed by atoms with Crippen molar-refractivity contribution in [3.8, 4) is 0 Å². The van der Waals surface area contributed by atoms with Crippen molar-refractivity contribution in [3.05, 3.63) is 28.8 Å². The second kappa shape index (κ2) is 6.70. The molecule has 24 heavy (non-hydrogen) atoms. The largest absolute Gasteiger partial charge is 0.376 e. The third-order valence-corrected chi connectivity index (χ3v) is 6.04. The fourth-order valence-electron chi connectivity index (χ4n) is 2.79. The normalized spacial score (nSPS) is 22.8. The van der Waals surface area contributed by atoms with Crippen molar-refractivity contribution in [2.75, 3.05) is 23.2 Å². The first kappa shape index (κ1) is 17.2. The predicted molar refractivity (Wildman–Crippen MR) is 88.6 cm³/mol. The minimum Gasteiger partial charge on any atom is -0.376 e. The molecule has 2 heterocycles. The predicted octanol–water partition coefficient (Wildman–Crippen LogP) is 1.32. The number of nitrogens with zero attached hydrogens (tertiary/aromatic N) is 1. The van der Waals surface area contributed by atoms with Crippen LogP contribution >= 0.6 is 11.6 Å². The molecule has 130 valence electrons. The van der Waals surface area contributed by atoms with Gasteiger partial charge in [0.15, 0.2) is 0 Å². The molecule has 2 amide bonds. The summed E-state index contributed by atoms with van der Waals surface area (Å²) in [5.74, 6) is -1.17. The highest BCUT2D eigenvalue weighted by atomic mass is 35.5. The number of carbonyl (C=O) groups is 2. The van der Waals surface area contributed by atoms with Gasteiger partial charge in [-0.15, -0.1) is 0 Å². The zero-order valence-corrected chi connectivity index (χ0v) is 14.4. The van der Waals surface area contributed by atoms with Crippen molar-refractivity contribution < 1.29 is 22.7 Å². The Bertz CT molecular complexity index is 774. The van der Waals surface area contributed by atoms with Crippen LogP contribution in [0.1, 0.15) is 29.6 Å². The molecule has 2 aliphatic rings. The van der Waals surface area contributed by atoms with Crippen molar-refractivity contribution in [1.29, 1.82) is 0 Å². The highest BCUT2D eigenvalue weighted by molar-refractivity contribution is 7.94. The maximum atomic E-state index is 12.3. The van der Waals surface area contributed by atoms with Crippen LogP contribution in [0.15, 0.2) is 18.2 Å². The molecule has 9 heteroatoms. The van der Waals surface area contributed by atoms with E-state index in [1.54, 1.807) is 0 Å². The van der Waals surface area contributed by atoms with Crippen LogP contribution in [0.5, 0.6) is 0 Å². The van der Waals surface area contributed by atoms with Gasteiger partial charge in [0.2, 0.25) is 15.9 Å². The van der Waals surface area contributed by atoms with Crippen LogP contribution in [0.25, 0.3) is 0 Å². The Morgan fingerprint density at radius 1 is 1.42 bits per heavy atom. The van der Waals surface area contributed by atoms with Gasteiger partial charge in [-0.25, -0.2) is 12.7 Å². The fourth-order valence-corrected chi connectivity index (χ4v) is 4.44. The molecule has 2 saturated heterocycles. The summed E-state index contributed by atoms with van der Waals surface area (Å²) in [4.78, 5) is 24.2. The summed E-state index contributed by atoms with van der Waals surface area (Å²) in [6, 6.07) is 4.16. The number of anilines is 1. The van der Waals surface area contributed by atoms with Crippen LogP contribution in [-0.4, -0.2) is 45.2 Å². The lowest BCUT2D eigenvalue weighted by Crippen LogP contribution is -2.33. The summed E-state index contributed by atoms with van der Waals surface area (Å²) in [5.41, 5.74) is 0.256. The molecule has 0 unspecified atom stereocenters. The molecular weight excluding hydrogens is 356 g/mol. The number of ether oxygens (including phenoxy) is 1. The maximum Gasteiger partial charge on any atom is 0.252 e. The first-order chi connectivity index (χ1) is 11.4. The lowest BCUT2D eigenvalue weighted by atomic mass is 10.1. The number of benzene rings is 1. The molecule has 2 fully saturated rings. The number of nitrogens with one attached hydrogen (secondary N) is 1. The summed E-state index contributed by atoms with van der Waals surface area (Å²) < 4.78 is 30.2. The number of carbonyl (C=O) groups excluding carboxylic acids is 2. The average molecular weight is 373 g/mol. The van der Waals surface area contributed by atoms with Gasteiger partial charge in [-0.05, 0) is 31.0 Å². The summed E-state index contributed by atoms with van der Waals surface area (Å²) in [6.07, 6.45) is 1.77. The van der Waals surface area contributed by atoms with Crippen LogP contribution in [0.4, 0.5) is 5.69 Å². The number of sulfonamides is 1. The van der Waals surface area contributed by atoms with Crippen molar-refractivity contribution in [2.24, 2.45) is 0 Å². The Balaban J connectivity index is 1.81. The van der Waals surface area contributed by atoms with E-state index >= 15 is 0 Å². The quantitative estimate of drug-likeness (QED) is 0.860. The second-order valence-corrected chi connectivity index (χ2v) is 8.08. The molecule has 1 aromatic carbocycles. The van der Waals surface area contributed by atoms with E-state index in [2.05, 4.69) is 5.32 Å². The summed E-state index contributed by atoms with van der Waals surface area (Å²) in [7, 11) is -3.68. The molecule has 7 nitrogen and oxygen atoms in total. The van der Waals surface area contributed by atoms with E-state index in [1.807, 2.05) is 0 Å². The maximum absolute atomic E-state index is 12.3. The minimum absolute atomic E-state index is 0.0172. The van der Waals surface area contributed by atoms with Crippen LogP contribution in [-0.2, 0) is 19.6 Å². The van der Waals surface area contributed by atoms with Crippen molar-refractivity contribution in [2.45, 2.75) is 25.4 Å². The first-order valence-electron chi connectivity index (χ1n) is 7.64. The Hall–Kier alpha value is -1.64. The number of halogens is 1. The molecular formula is C15H17ClN2O5S. The molecule has 1 aromatic rings.